The highest BCUT2D eigenvalue weighted by Crippen LogP contribution is 2.06. The predicted molar refractivity (Wildman–Crippen MR) is 79.4 cm³/mol. The number of rotatable bonds is 3. The molecule has 0 aliphatic rings. The van der Waals surface area contributed by atoms with E-state index in [1.807, 2.05) is 35.0 Å². The first-order valence-corrected chi connectivity index (χ1v) is 6.78. The Kier molecular flexibility index (Phi) is 3.92. The van der Waals surface area contributed by atoms with Crippen molar-refractivity contribution < 1.29 is 4.39 Å². The molecule has 0 saturated carbocycles. The summed E-state index contributed by atoms with van der Waals surface area (Å²) in [6.45, 7) is -0.559. The van der Waals surface area contributed by atoms with Gasteiger partial charge in [-0.2, -0.15) is 0 Å². The molecule has 4 heteroatoms. The Hall–Kier alpha value is -2.67. The molecular formula is C17H14FN3. The second kappa shape index (κ2) is 6.19. The number of nitrogens with zero attached hydrogens (tertiary/aromatic N) is 3. The number of alkyl halides is 1. The lowest BCUT2D eigenvalue weighted by Crippen LogP contribution is -1.89. The molecule has 3 nitrogen and oxygen atoms in total. The second-order valence-electron chi connectivity index (χ2n) is 4.65. The fourth-order valence-electron chi connectivity index (χ4n) is 2.07. The van der Waals surface area contributed by atoms with Crippen LogP contribution in [0.25, 0.3) is 5.65 Å². The Bertz CT molecular complexity index is 778. The van der Waals surface area contributed by atoms with Gasteiger partial charge in [-0.3, -0.25) is 0 Å². The minimum Gasteiger partial charge on any atom is -0.307 e. The van der Waals surface area contributed by atoms with Gasteiger partial charge in [0.15, 0.2) is 0 Å². The number of pyridine rings is 2. The van der Waals surface area contributed by atoms with Crippen LogP contribution in [0.15, 0.2) is 48.8 Å². The topological polar surface area (TPSA) is 30.2 Å². The zero-order chi connectivity index (χ0) is 14.5. The lowest BCUT2D eigenvalue weighted by Gasteiger charge is -1.93. The molecule has 0 aliphatic carbocycles. The van der Waals surface area contributed by atoms with Gasteiger partial charge < -0.3 is 4.40 Å². The van der Waals surface area contributed by atoms with Crippen molar-refractivity contribution in [3.05, 3.63) is 65.9 Å². The van der Waals surface area contributed by atoms with Crippen LogP contribution >= 0.6 is 0 Å². The number of fused-ring (bicyclic) bond motifs is 1. The average Bonchev–Trinajstić information content (AvgIpc) is 2.94. The highest BCUT2D eigenvalue weighted by Gasteiger charge is 1.99. The van der Waals surface area contributed by atoms with Gasteiger partial charge in [-0.15, -0.1) is 0 Å². The first-order valence-electron chi connectivity index (χ1n) is 6.78. The van der Waals surface area contributed by atoms with E-state index in [4.69, 9.17) is 0 Å². The summed E-state index contributed by atoms with van der Waals surface area (Å²) in [7, 11) is 0. The second-order valence-corrected chi connectivity index (χ2v) is 4.65. The third-order valence-corrected chi connectivity index (χ3v) is 3.08. The summed E-state index contributed by atoms with van der Waals surface area (Å²) in [5.41, 5.74) is 2.99. The number of aryl methyl sites for hydroxylation is 1. The van der Waals surface area contributed by atoms with Crippen LogP contribution in [0, 0.1) is 11.8 Å². The highest BCUT2D eigenvalue weighted by molar-refractivity contribution is 5.39. The van der Waals surface area contributed by atoms with Crippen LogP contribution in [-0.4, -0.2) is 14.4 Å². The molecule has 0 fully saturated rings. The van der Waals surface area contributed by atoms with Crippen molar-refractivity contribution in [2.45, 2.75) is 19.5 Å². The molecule has 0 N–H and O–H groups in total. The molecule has 0 aliphatic heterocycles. The van der Waals surface area contributed by atoms with E-state index in [1.165, 1.54) is 0 Å². The summed E-state index contributed by atoms with van der Waals surface area (Å²) >= 11 is 0. The number of hydrogen-bond donors (Lipinski definition) is 0. The van der Waals surface area contributed by atoms with Gasteiger partial charge >= 0.3 is 0 Å². The fourth-order valence-corrected chi connectivity index (χ4v) is 2.07. The van der Waals surface area contributed by atoms with Crippen LogP contribution in [0.1, 0.15) is 23.5 Å². The molecular weight excluding hydrogens is 265 g/mol. The molecule has 3 heterocycles. The molecule has 3 aromatic heterocycles. The Morgan fingerprint density at radius 2 is 2.00 bits per heavy atom. The molecule has 3 rings (SSSR count). The van der Waals surface area contributed by atoms with Crippen molar-refractivity contribution in [1.82, 2.24) is 14.4 Å². The molecule has 0 saturated heterocycles. The Balaban J connectivity index is 1.64. The maximum absolute atomic E-state index is 12.5. The summed E-state index contributed by atoms with van der Waals surface area (Å²) in [5, 5.41) is 0. The molecule has 0 radical (unpaired) electrons. The molecule has 0 aromatic carbocycles. The first kappa shape index (κ1) is 13.3. The van der Waals surface area contributed by atoms with Crippen molar-refractivity contribution in [1.29, 1.82) is 0 Å². The largest absolute Gasteiger partial charge is 0.307 e. The van der Waals surface area contributed by atoms with Crippen LogP contribution in [0.2, 0.25) is 0 Å². The van der Waals surface area contributed by atoms with Crippen molar-refractivity contribution in [2.24, 2.45) is 0 Å². The highest BCUT2D eigenvalue weighted by atomic mass is 19.1. The monoisotopic (exact) mass is 279 g/mol. The summed E-state index contributed by atoms with van der Waals surface area (Å²) < 4.78 is 14.5. The molecule has 0 amide bonds. The maximum atomic E-state index is 12.5. The van der Waals surface area contributed by atoms with Crippen LogP contribution < -0.4 is 0 Å². The lowest BCUT2D eigenvalue weighted by atomic mass is 10.2. The summed E-state index contributed by atoms with van der Waals surface area (Å²) in [6.07, 6.45) is 5.48. The SMILES string of the molecule is FCc1cccc(C#CCCc2cn3ccccc3n2)n1. The zero-order valence-electron chi connectivity index (χ0n) is 11.5. The lowest BCUT2D eigenvalue weighted by molar-refractivity contribution is 0.476. The number of aromatic nitrogens is 3. The van der Waals surface area contributed by atoms with Gasteiger partial charge in [0.1, 0.15) is 18.0 Å². The van der Waals surface area contributed by atoms with E-state index in [-0.39, 0.29) is 0 Å². The van der Waals surface area contributed by atoms with Gasteiger partial charge in [-0.1, -0.05) is 18.1 Å². The van der Waals surface area contributed by atoms with E-state index in [9.17, 15) is 4.39 Å². The summed E-state index contributed by atoms with van der Waals surface area (Å²) in [5.74, 6) is 6.02. The van der Waals surface area contributed by atoms with Crippen LogP contribution in [0.5, 0.6) is 0 Å². The summed E-state index contributed by atoms with van der Waals surface area (Å²) in [6, 6.07) is 11.1. The molecule has 21 heavy (non-hydrogen) atoms. The first-order chi connectivity index (χ1) is 10.3. The van der Waals surface area contributed by atoms with Crippen LogP contribution in [0.4, 0.5) is 4.39 Å². The number of imidazole rings is 1. The minimum absolute atomic E-state index is 0.419. The van der Waals surface area contributed by atoms with Gasteiger partial charge in [0.25, 0.3) is 0 Å². The standard InChI is InChI=1S/C17H14FN3/c18-12-15-9-5-8-14(19-15)6-1-2-7-16-13-21-11-4-3-10-17(21)20-16/h3-5,8-11,13H,2,7,12H2. The van der Waals surface area contributed by atoms with Gasteiger partial charge in [0.2, 0.25) is 0 Å². The average molecular weight is 279 g/mol. The Morgan fingerprint density at radius 3 is 2.86 bits per heavy atom. The van der Waals surface area contributed by atoms with Crippen molar-refractivity contribution in [3.8, 4) is 11.8 Å². The number of hydrogen-bond acceptors (Lipinski definition) is 2. The minimum atomic E-state index is -0.559. The maximum Gasteiger partial charge on any atom is 0.136 e. The van der Waals surface area contributed by atoms with Crippen LogP contribution in [-0.2, 0) is 13.1 Å². The normalized spacial score (nSPS) is 10.3. The molecule has 0 bridgehead atoms. The summed E-state index contributed by atoms with van der Waals surface area (Å²) in [4.78, 5) is 8.62. The van der Waals surface area contributed by atoms with Gasteiger partial charge in [-0.25, -0.2) is 14.4 Å². The van der Waals surface area contributed by atoms with E-state index in [1.54, 1.807) is 18.2 Å². The molecule has 104 valence electrons. The fraction of sp³-hybridized carbons (Fsp3) is 0.176. The van der Waals surface area contributed by atoms with E-state index in [2.05, 4.69) is 21.8 Å². The van der Waals surface area contributed by atoms with Gasteiger partial charge in [0.05, 0.1) is 11.4 Å². The predicted octanol–water partition coefficient (Wildman–Crippen LogP) is 3.18. The zero-order valence-corrected chi connectivity index (χ0v) is 11.5. The van der Waals surface area contributed by atoms with Gasteiger partial charge in [-0.05, 0) is 30.2 Å². The van der Waals surface area contributed by atoms with Crippen LogP contribution in [0.3, 0.4) is 0 Å². The smallest absolute Gasteiger partial charge is 0.136 e. The molecule has 0 unspecified atom stereocenters. The van der Waals surface area contributed by atoms with Crippen molar-refractivity contribution >= 4 is 5.65 Å². The van der Waals surface area contributed by atoms with E-state index in [0.717, 1.165) is 17.8 Å². The van der Waals surface area contributed by atoms with E-state index < -0.39 is 6.67 Å². The number of halogens is 1. The molecule has 0 spiro atoms. The molecule has 0 atom stereocenters. The van der Waals surface area contributed by atoms with Gasteiger partial charge in [0, 0.05) is 25.2 Å². The van der Waals surface area contributed by atoms with E-state index >= 15 is 0 Å². The Labute approximate surface area is 122 Å². The Morgan fingerprint density at radius 1 is 1.05 bits per heavy atom. The molecule has 3 aromatic rings. The third kappa shape index (κ3) is 3.26. The van der Waals surface area contributed by atoms with E-state index in [0.29, 0.717) is 17.8 Å². The quantitative estimate of drug-likeness (QED) is 0.689. The third-order valence-electron chi connectivity index (χ3n) is 3.08. The van der Waals surface area contributed by atoms with Crippen molar-refractivity contribution in [3.63, 3.8) is 0 Å². The van der Waals surface area contributed by atoms with Crippen molar-refractivity contribution in [2.75, 3.05) is 0 Å².